The van der Waals surface area contributed by atoms with Crippen LogP contribution in [0.25, 0.3) is 0 Å². The molecule has 7 nitrogen and oxygen atoms in total. The highest BCUT2D eigenvalue weighted by molar-refractivity contribution is 7.09. The minimum absolute atomic E-state index is 0.00309. The van der Waals surface area contributed by atoms with Crippen LogP contribution in [0, 0.1) is 0 Å². The Hall–Kier alpha value is -3.00. The van der Waals surface area contributed by atoms with Gasteiger partial charge in [0.1, 0.15) is 6.61 Å². The third-order valence-corrected chi connectivity index (χ3v) is 6.31. The normalized spacial score (nSPS) is 20.4. The minimum atomic E-state index is -1.50. The lowest BCUT2D eigenvalue weighted by Gasteiger charge is -2.48. The molecule has 0 N–H and O–H groups in total. The second kappa shape index (κ2) is 7.44. The molecule has 0 saturated carbocycles. The summed E-state index contributed by atoms with van der Waals surface area (Å²) in [6.45, 7) is 5.85. The van der Waals surface area contributed by atoms with Crippen molar-refractivity contribution in [3.63, 3.8) is 0 Å². The highest BCUT2D eigenvalue weighted by Crippen LogP contribution is 2.45. The zero-order valence-electron chi connectivity index (χ0n) is 16.1. The Morgan fingerprint density at radius 2 is 2.17 bits per heavy atom. The van der Waals surface area contributed by atoms with Gasteiger partial charge in [-0.05, 0) is 18.6 Å². The van der Waals surface area contributed by atoms with Crippen molar-refractivity contribution in [1.29, 1.82) is 0 Å². The molecule has 8 heteroatoms. The van der Waals surface area contributed by atoms with Crippen molar-refractivity contribution in [2.75, 3.05) is 11.4 Å². The van der Waals surface area contributed by atoms with E-state index in [0.717, 1.165) is 11.4 Å². The number of carbonyl (C=O) groups is 3. The third-order valence-electron chi connectivity index (χ3n) is 5.27. The molecule has 2 aliphatic heterocycles. The van der Waals surface area contributed by atoms with Crippen LogP contribution in [0.4, 0.5) is 5.69 Å². The van der Waals surface area contributed by atoms with Crippen LogP contribution in [0.5, 0.6) is 0 Å². The van der Waals surface area contributed by atoms with Crippen molar-refractivity contribution in [3.05, 3.63) is 58.6 Å². The summed E-state index contributed by atoms with van der Waals surface area (Å²) < 4.78 is 5.60. The molecule has 4 rings (SSSR count). The van der Waals surface area contributed by atoms with Crippen molar-refractivity contribution in [3.8, 4) is 0 Å². The largest absolute Gasteiger partial charge is 0.456 e. The fraction of sp³-hybridized carbons (Fsp3) is 0.333. The van der Waals surface area contributed by atoms with Crippen LogP contribution in [-0.4, -0.2) is 39.9 Å². The van der Waals surface area contributed by atoms with E-state index in [9.17, 15) is 14.4 Å². The van der Waals surface area contributed by atoms with Crippen LogP contribution in [0.3, 0.4) is 0 Å². The summed E-state index contributed by atoms with van der Waals surface area (Å²) in [5, 5.41) is 2.81. The molecule has 2 aliphatic rings. The summed E-state index contributed by atoms with van der Waals surface area (Å²) in [6.07, 6.45) is 2.69. The number of ether oxygens (including phenoxy) is 1. The Morgan fingerprint density at radius 1 is 1.38 bits per heavy atom. The zero-order valence-corrected chi connectivity index (χ0v) is 16.9. The van der Waals surface area contributed by atoms with Crippen LogP contribution in [0.1, 0.15) is 40.8 Å². The van der Waals surface area contributed by atoms with Gasteiger partial charge in [0.25, 0.3) is 5.91 Å². The second-order valence-electron chi connectivity index (χ2n) is 6.93. The van der Waals surface area contributed by atoms with E-state index in [1.807, 2.05) is 12.3 Å². The Bertz CT molecular complexity index is 1000. The van der Waals surface area contributed by atoms with Gasteiger partial charge in [0, 0.05) is 24.8 Å². The summed E-state index contributed by atoms with van der Waals surface area (Å²) in [4.78, 5) is 46.6. The third kappa shape index (κ3) is 2.95. The maximum Gasteiger partial charge on any atom is 0.354 e. The van der Waals surface area contributed by atoms with E-state index in [4.69, 9.17) is 4.74 Å². The number of benzene rings is 1. The number of fused-ring (bicyclic) bond motifs is 3. The van der Waals surface area contributed by atoms with Gasteiger partial charge in [-0.25, -0.2) is 9.78 Å². The van der Waals surface area contributed by atoms with Gasteiger partial charge in [0.15, 0.2) is 0 Å². The maximum atomic E-state index is 13.4. The average Bonchev–Trinajstić information content (AvgIpc) is 3.34. The van der Waals surface area contributed by atoms with Crippen molar-refractivity contribution in [1.82, 2.24) is 9.88 Å². The number of nitrogens with zero attached hydrogens (tertiary/aromatic N) is 3. The number of rotatable bonds is 6. The van der Waals surface area contributed by atoms with Gasteiger partial charge in [-0.15, -0.1) is 17.9 Å². The molecule has 1 aromatic carbocycles. The van der Waals surface area contributed by atoms with Crippen molar-refractivity contribution < 1.29 is 19.1 Å². The van der Waals surface area contributed by atoms with E-state index in [1.165, 1.54) is 21.1 Å². The van der Waals surface area contributed by atoms with Gasteiger partial charge in [-0.2, -0.15) is 0 Å². The maximum absolute atomic E-state index is 13.4. The molecule has 3 heterocycles. The Kier molecular flexibility index (Phi) is 4.96. The molecular weight excluding hydrogens is 390 g/mol. The molecule has 1 atom stereocenters. The number of para-hydroxylation sites is 1. The van der Waals surface area contributed by atoms with Crippen LogP contribution in [0.2, 0.25) is 0 Å². The van der Waals surface area contributed by atoms with E-state index in [2.05, 4.69) is 11.6 Å². The number of amides is 2. The predicted molar refractivity (Wildman–Crippen MR) is 108 cm³/mol. The number of aryl methyl sites for hydroxylation is 1. The number of hydrogen-bond acceptors (Lipinski definition) is 6. The van der Waals surface area contributed by atoms with Crippen molar-refractivity contribution >= 4 is 34.8 Å². The fourth-order valence-electron chi connectivity index (χ4n) is 3.96. The second-order valence-corrected chi connectivity index (χ2v) is 7.87. The summed E-state index contributed by atoms with van der Waals surface area (Å²) in [5.74, 6) is -1.15. The molecule has 0 spiro atoms. The van der Waals surface area contributed by atoms with E-state index >= 15 is 0 Å². The van der Waals surface area contributed by atoms with Crippen molar-refractivity contribution in [2.24, 2.45) is 0 Å². The van der Waals surface area contributed by atoms with E-state index in [0.29, 0.717) is 16.9 Å². The first kappa shape index (κ1) is 19.3. The highest BCUT2D eigenvalue weighted by atomic mass is 32.1. The van der Waals surface area contributed by atoms with Crippen LogP contribution >= 0.6 is 11.3 Å². The van der Waals surface area contributed by atoms with Gasteiger partial charge in [0.2, 0.25) is 11.6 Å². The number of anilines is 1. The molecule has 2 amide bonds. The van der Waals surface area contributed by atoms with E-state index in [-0.39, 0.29) is 37.8 Å². The number of carbonyl (C=O) groups excluding carboxylic acids is 3. The monoisotopic (exact) mass is 411 g/mol. The highest BCUT2D eigenvalue weighted by Gasteiger charge is 2.61. The lowest BCUT2D eigenvalue weighted by Crippen LogP contribution is -2.68. The summed E-state index contributed by atoms with van der Waals surface area (Å²) in [5.41, 5.74) is -0.00933. The summed E-state index contributed by atoms with van der Waals surface area (Å²) in [7, 11) is 0. The molecular formula is C21H21N3O4S. The first-order valence-corrected chi connectivity index (χ1v) is 10.4. The molecule has 2 aromatic rings. The Labute approximate surface area is 172 Å². The number of esters is 1. The minimum Gasteiger partial charge on any atom is -0.456 e. The van der Waals surface area contributed by atoms with Crippen LogP contribution < -0.4 is 4.90 Å². The molecule has 1 aromatic heterocycles. The molecule has 0 radical (unpaired) electrons. The topological polar surface area (TPSA) is 79.8 Å². The first-order chi connectivity index (χ1) is 14.0. The lowest BCUT2D eigenvalue weighted by molar-refractivity contribution is -0.158. The molecule has 1 unspecified atom stereocenters. The van der Waals surface area contributed by atoms with Crippen molar-refractivity contribution in [2.45, 2.75) is 38.5 Å². The van der Waals surface area contributed by atoms with E-state index in [1.54, 1.807) is 30.3 Å². The first-order valence-electron chi connectivity index (χ1n) is 9.48. The van der Waals surface area contributed by atoms with Gasteiger partial charge in [0.05, 0.1) is 22.0 Å². The quantitative estimate of drug-likeness (QED) is 0.539. The number of hydrogen-bond donors (Lipinski definition) is 0. The van der Waals surface area contributed by atoms with Gasteiger partial charge in [-0.1, -0.05) is 25.1 Å². The average molecular weight is 411 g/mol. The fourth-order valence-corrected chi connectivity index (χ4v) is 4.69. The van der Waals surface area contributed by atoms with Gasteiger partial charge >= 0.3 is 5.97 Å². The number of aromatic nitrogens is 1. The Morgan fingerprint density at radius 3 is 2.90 bits per heavy atom. The predicted octanol–water partition coefficient (Wildman–Crippen LogP) is 2.91. The molecule has 1 saturated heterocycles. The lowest BCUT2D eigenvalue weighted by atomic mass is 9.96. The zero-order chi connectivity index (χ0) is 20.6. The molecule has 0 bridgehead atoms. The Balaban J connectivity index is 1.72. The molecule has 150 valence electrons. The van der Waals surface area contributed by atoms with Gasteiger partial charge in [-0.3, -0.25) is 14.5 Å². The molecule has 1 fully saturated rings. The van der Waals surface area contributed by atoms with Crippen LogP contribution in [-0.2, 0) is 27.4 Å². The summed E-state index contributed by atoms with van der Waals surface area (Å²) in [6, 6.07) is 6.84. The summed E-state index contributed by atoms with van der Waals surface area (Å²) >= 11 is 1.51. The molecule has 0 aliphatic carbocycles. The SMILES string of the molecule is C=CCN1C(=O)c2ccccc2N2C(=O)CCC12C(=O)OCc1csc(CC)n1. The standard InChI is InChI=1S/C21H21N3O4S/c1-3-11-23-19(26)15-7-5-6-8-16(15)24-18(25)9-10-21(23,24)20(27)28-12-14-13-29-17(4-2)22-14/h3,5-8,13H,1,4,9-12H2,2H3. The van der Waals surface area contributed by atoms with Gasteiger partial charge < -0.3 is 9.64 Å². The van der Waals surface area contributed by atoms with Crippen LogP contribution in [0.15, 0.2) is 42.3 Å². The van der Waals surface area contributed by atoms with E-state index < -0.39 is 11.6 Å². The smallest absolute Gasteiger partial charge is 0.354 e. The molecule has 29 heavy (non-hydrogen) atoms. The number of thiazole rings is 1.